The van der Waals surface area contributed by atoms with Crippen molar-refractivity contribution < 1.29 is 13.9 Å². The van der Waals surface area contributed by atoms with Crippen LogP contribution in [0.2, 0.25) is 5.02 Å². The minimum absolute atomic E-state index is 0.0888. The van der Waals surface area contributed by atoms with Gasteiger partial charge in [0.15, 0.2) is 0 Å². The second-order valence-electron chi connectivity index (χ2n) is 4.24. The number of benzene rings is 1. The third-order valence-electron chi connectivity index (χ3n) is 2.23. The molecule has 0 aliphatic heterocycles. The Balaban J connectivity index is 2.67. The third kappa shape index (κ3) is 3.89. The zero-order valence-corrected chi connectivity index (χ0v) is 11.5. The van der Waals surface area contributed by atoms with E-state index in [4.69, 9.17) is 16.3 Å². The summed E-state index contributed by atoms with van der Waals surface area (Å²) in [5.74, 6) is -0.164. The number of hydrogen-bond donors (Lipinski definition) is 0. The normalized spacial score (nSPS) is 11.4. The Bertz CT molecular complexity index is 421. The SMILES string of the molecule is COC(=O)C(C)(C)CSc1ccc(F)c(Cl)c1. The standard InChI is InChI=1S/C12H14ClFO2S/c1-12(2,11(15)16-3)7-17-8-4-5-10(14)9(13)6-8/h4-6H,7H2,1-3H3. The van der Waals surface area contributed by atoms with Crippen molar-refractivity contribution in [1.82, 2.24) is 0 Å². The Labute approximate surface area is 109 Å². The maximum atomic E-state index is 12.9. The molecular formula is C12H14ClFO2S. The number of esters is 1. The summed E-state index contributed by atoms with van der Waals surface area (Å²) in [5.41, 5.74) is -0.583. The van der Waals surface area contributed by atoms with Crippen LogP contribution in [0.1, 0.15) is 13.8 Å². The second-order valence-corrected chi connectivity index (χ2v) is 5.70. The van der Waals surface area contributed by atoms with Crippen LogP contribution in [0.5, 0.6) is 0 Å². The molecule has 17 heavy (non-hydrogen) atoms. The predicted octanol–water partition coefficient (Wildman–Crippen LogP) is 3.77. The zero-order valence-electron chi connectivity index (χ0n) is 9.92. The number of hydrogen-bond acceptors (Lipinski definition) is 3. The summed E-state index contributed by atoms with van der Waals surface area (Å²) in [6, 6.07) is 4.50. The number of thioether (sulfide) groups is 1. The Morgan fingerprint density at radius 3 is 2.71 bits per heavy atom. The molecule has 0 spiro atoms. The van der Waals surface area contributed by atoms with Gasteiger partial charge in [0, 0.05) is 10.6 Å². The summed E-state index contributed by atoms with van der Waals surface area (Å²) in [5, 5.41) is 0.0888. The van der Waals surface area contributed by atoms with Gasteiger partial charge in [-0.05, 0) is 32.0 Å². The maximum absolute atomic E-state index is 12.9. The van der Waals surface area contributed by atoms with Crippen LogP contribution < -0.4 is 0 Å². The first-order valence-electron chi connectivity index (χ1n) is 5.03. The first kappa shape index (κ1) is 14.3. The molecule has 0 radical (unpaired) electrons. The van der Waals surface area contributed by atoms with Gasteiger partial charge in [-0.15, -0.1) is 11.8 Å². The molecular weight excluding hydrogens is 263 g/mol. The molecule has 0 aromatic heterocycles. The topological polar surface area (TPSA) is 26.3 Å². The highest BCUT2D eigenvalue weighted by molar-refractivity contribution is 7.99. The molecule has 0 unspecified atom stereocenters. The molecule has 5 heteroatoms. The molecule has 94 valence electrons. The molecule has 1 aromatic carbocycles. The summed E-state index contributed by atoms with van der Waals surface area (Å²) >= 11 is 7.12. The van der Waals surface area contributed by atoms with Crippen LogP contribution in [0.15, 0.2) is 23.1 Å². The van der Waals surface area contributed by atoms with Gasteiger partial charge in [-0.1, -0.05) is 11.6 Å². The number of ether oxygens (including phenoxy) is 1. The molecule has 2 nitrogen and oxygen atoms in total. The van der Waals surface area contributed by atoms with Gasteiger partial charge in [0.25, 0.3) is 0 Å². The van der Waals surface area contributed by atoms with Crippen LogP contribution in [0, 0.1) is 11.2 Å². The highest BCUT2D eigenvalue weighted by Gasteiger charge is 2.28. The first-order chi connectivity index (χ1) is 7.86. The van der Waals surface area contributed by atoms with Crippen LogP contribution >= 0.6 is 23.4 Å². The monoisotopic (exact) mass is 276 g/mol. The quantitative estimate of drug-likeness (QED) is 0.618. The molecule has 0 N–H and O–H groups in total. The number of methoxy groups -OCH3 is 1. The van der Waals surface area contributed by atoms with Gasteiger partial charge >= 0.3 is 5.97 Å². The summed E-state index contributed by atoms with van der Waals surface area (Å²) in [6.07, 6.45) is 0. The van der Waals surface area contributed by atoms with Crippen molar-refractivity contribution in [3.05, 3.63) is 29.0 Å². The van der Waals surface area contributed by atoms with E-state index in [1.165, 1.54) is 24.9 Å². The number of halogens is 2. The lowest BCUT2D eigenvalue weighted by atomic mass is 9.97. The maximum Gasteiger partial charge on any atom is 0.312 e. The van der Waals surface area contributed by atoms with E-state index >= 15 is 0 Å². The van der Waals surface area contributed by atoms with Gasteiger partial charge in [-0.2, -0.15) is 0 Å². The molecule has 0 aliphatic carbocycles. The van der Waals surface area contributed by atoms with Gasteiger partial charge in [0.05, 0.1) is 17.5 Å². The molecule has 0 saturated heterocycles. The molecule has 1 aromatic rings. The van der Waals surface area contributed by atoms with Crippen molar-refractivity contribution in [3.8, 4) is 0 Å². The van der Waals surface area contributed by atoms with Crippen LogP contribution in [-0.4, -0.2) is 18.8 Å². The fraction of sp³-hybridized carbons (Fsp3) is 0.417. The summed E-state index contributed by atoms with van der Waals surface area (Å²) in [4.78, 5) is 12.3. The van der Waals surface area contributed by atoms with Crippen molar-refractivity contribution in [3.63, 3.8) is 0 Å². The lowest BCUT2D eigenvalue weighted by Crippen LogP contribution is -2.28. The van der Waals surface area contributed by atoms with E-state index in [1.54, 1.807) is 26.0 Å². The fourth-order valence-corrected chi connectivity index (χ4v) is 2.42. The minimum atomic E-state index is -0.583. The van der Waals surface area contributed by atoms with Crippen molar-refractivity contribution in [2.45, 2.75) is 18.7 Å². The van der Waals surface area contributed by atoms with Gasteiger partial charge in [-0.25, -0.2) is 4.39 Å². The molecule has 0 saturated carbocycles. The summed E-state index contributed by atoms with van der Waals surface area (Å²) in [7, 11) is 1.36. The van der Waals surface area contributed by atoms with Gasteiger partial charge in [-0.3, -0.25) is 4.79 Å². The predicted molar refractivity (Wildman–Crippen MR) is 67.9 cm³/mol. The van der Waals surface area contributed by atoms with Crippen molar-refractivity contribution in [1.29, 1.82) is 0 Å². The smallest absolute Gasteiger partial charge is 0.312 e. The Morgan fingerprint density at radius 2 is 2.18 bits per heavy atom. The van der Waals surface area contributed by atoms with Crippen LogP contribution in [-0.2, 0) is 9.53 Å². The zero-order chi connectivity index (χ0) is 13.1. The van der Waals surface area contributed by atoms with Gasteiger partial charge < -0.3 is 4.74 Å². The molecule has 0 atom stereocenters. The van der Waals surface area contributed by atoms with E-state index in [2.05, 4.69) is 0 Å². The average Bonchev–Trinajstić information content (AvgIpc) is 2.29. The van der Waals surface area contributed by atoms with Crippen molar-refractivity contribution in [2.24, 2.45) is 5.41 Å². The number of rotatable bonds is 4. The van der Waals surface area contributed by atoms with Gasteiger partial charge in [0.1, 0.15) is 5.82 Å². The molecule has 0 bridgehead atoms. The van der Waals surface area contributed by atoms with Crippen molar-refractivity contribution in [2.75, 3.05) is 12.9 Å². The van der Waals surface area contributed by atoms with Gasteiger partial charge in [0.2, 0.25) is 0 Å². The van der Waals surface area contributed by atoms with Crippen LogP contribution in [0.4, 0.5) is 4.39 Å². The fourth-order valence-electron chi connectivity index (χ4n) is 1.17. The molecule has 0 amide bonds. The van der Waals surface area contributed by atoms with E-state index in [0.29, 0.717) is 5.75 Å². The number of carbonyl (C=O) groups excluding carboxylic acids is 1. The van der Waals surface area contributed by atoms with E-state index < -0.39 is 11.2 Å². The van der Waals surface area contributed by atoms with Crippen LogP contribution in [0.25, 0.3) is 0 Å². The number of carbonyl (C=O) groups is 1. The lowest BCUT2D eigenvalue weighted by molar-refractivity contribution is -0.149. The first-order valence-corrected chi connectivity index (χ1v) is 6.39. The Kier molecular flexibility index (Phi) is 4.83. The Morgan fingerprint density at radius 1 is 1.53 bits per heavy atom. The highest BCUT2D eigenvalue weighted by atomic mass is 35.5. The van der Waals surface area contributed by atoms with E-state index in [0.717, 1.165) is 4.90 Å². The Hall–Kier alpha value is -0.740. The second kappa shape index (κ2) is 5.74. The van der Waals surface area contributed by atoms with E-state index in [-0.39, 0.29) is 11.0 Å². The van der Waals surface area contributed by atoms with Crippen molar-refractivity contribution >= 4 is 29.3 Å². The molecule has 0 aliphatic rings. The molecule has 0 heterocycles. The minimum Gasteiger partial charge on any atom is -0.469 e. The van der Waals surface area contributed by atoms with E-state index in [1.807, 2.05) is 0 Å². The lowest BCUT2D eigenvalue weighted by Gasteiger charge is -2.20. The molecule has 0 fully saturated rings. The van der Waals surface area contributed by atoms with E-state index in [9.17, 15) is 9.18 Å². The summed E-state index contributed by atoms with van der Waals surface area (Å²) < 4.78 is 17.6. The third-order valence-corrected chi connectivity index (χ3v) is 3.97. The molecule has 1 rings (SSSR count). The van der Waals surface area contributed by atoms with Crippen LogP contribution in [0.3, 0.4) is 0 Å². The average molecular weight is 277 g/mol. The highest BCUT2D eigenvalue weighted by Crippen LogP contribution is 2.30. The summed E-state index contributed by atoms with van der Waals surface area (Å²) in [6.45, 7) is 3.61. The largest absolute Gasteiger partial charge is 0.469 e.